The van der Waals surface area contributed by atoms with E-state index in [4.69, 9.17) is 33.9 Å². The zero-order valence-electron chi connectivity index (χ0n) is 16.1. The summed E-state index contributed by atoms with van der Waals surface area (Å²) in [6.45, 7) is 2.70. The summed E-state index contributed by atoms with van der Waals surface area (Å²) in [5, 5.41) is 6.84. The van der Waals surface area contributed by atoms with Crippen LogP contribution in [0.3, 0.4) is 0 Å². The highest BCUT2D eigenvalue weighted by molar-refractivity contribution is 7.80. The van der Waals surface area contributed by atoms with Crippen molar-refractivity contribution in [2.75, 3.05) is 45.9 Å². The molecular weight excluding hydrogens is 400 g/mol. The molecule has 0 heterocycles. The number of carbonyl (C=O) groups is 1. The molecule has 1 amide bonds. The van der Waals surface area contributed by atoms with E-state index in [1.54, 1.807) is 38.5 Å². The van der Waals surface area contributed by atoms with Gasteiger partial charge in [-0.2, -0.15) is 0 Å². The van der Waals surface area contributed by atoms with Gasteiger partial charge in [0.15, 0.2) is 10.2 Å². The number of nitrogens with one attached hydrogen (secondary N) is 6. The number of methoxy groups -OCH3 is 2. The third-order valence-electron chi connectivity index (χ3n) is 3.38. The summed E-state index contributed by atoms with van der Waals surface area (Å²) in [6, 6.07) is 6.89. The molecule has 6 N–H and O–H groups in total. The van der Waals surface area contributed by atoms with E-state index in [0.29, 0.717) is 35.5 Å². The van der Waals surface area contributed by atoms with Crippen LogP contribution in [0.1, 0.15) is 23.2 Å². The van der Waals surface area contributed by atoms with Gasteiger partial charge in [-0.05, 0) is 61.5 Å². The summed E-state index contributed by atoms with van der Waals surface area (Å²) in [7, 11) is 3.30. The maximum atomic E-state index is 12.1. The molecular formula is C17H28N6O3S2. The van der Waals surface area contributed by atoms with E-state index in [9.17, 15) is 4.79 Å². The first kappa shape index (κ1) is 23.8. The van der Waals surface area contributed by atoms with Crippen LogP contribution in [0.2, 0.25) is 0 Å². The van der Waals surface area contributed by atoms with Crippen LogP contribution in [-0.2, 0) is 9.47 Å². The Bertz CT molecular complexity index is 615. The molecule has 0 aliphatic heterocycles. The minimum absolute atomic E-state index is 0.295. The maximum Gasteiger partial charge on any atom is 0.269 e. The lowest BCUT2D eigenvalue weighted by Crippen LogP contribution is -2.47. The predicted molar refractivity (Wildman–Crippen MR) is 118 cm³/mol. The molecule has 0 radical (unpaired) electrons. The quantitative estimate of drug-likeness (QED) is 0.171. The normalized spacial score (nSPS) is 9.93. The fraction of sp³-hybridized carbons (Fsp3) is 0.471. The second-order valence-corrected chi connectivity index (χ2v) is 6.43. The van der Waals surface area contributed by atoms with Crippen LogP contribution < -0.4 is 32.3 Å². The van der Waals surface area contributed by atoms with Crippen molar-refractivity contribution in [2.45, 2.75) is 12.8 Å². The third kappa shape index (κ3) is 10.8. The standard InChI is InChI=1S/C17H28N6O3S2/c1-25-11-3-9-18-16(27)22-20-14-7-5-13(6-8-14)15(24)21-23-17(28)19-10-4-12-26-2/h5-8,20H,3-4,9-12H2,1-2H3,(H,21,24)(H2,18,22,27)(H2,19,23,28). The number of rotatable bonds is 11. The van der Waals surface area contributed by atoms with Gasteiger partial charge in [-0.25, -0.2) is 0 Å². The average Bonchev–Trinajstić information content (AvgIpc) is 2.71. The highest BCUT2D eigenvalue weighted by Gasteiger charge is 2.06. The summed E-state index contributed by atoms with van der Waals surface area (Å²) in [5.41, 5.74) is 12.3. The summed E-state index contributed by atoms with van der Waals surface area (Å²) in [6.07, 6.45) is 1.68. The van der Waals surface area contributed by atoms with Gasteiger partial charge in [0, 0.05) is 46.1 Å². The van der Waals surface area contributed by atoms with Crippen LogP contribution in [-0.4, -0.2) is 56.7 Å². The van der Waals surface area contributed by atoms with Gasteiger partial charge in [-0.1, -0.05) is 0 Å². The molecule has 1 rings (SSSR count). The Labute approximate surface area is 176 Å². The van der Waals surface area contributed by atoms with Gasteiger partial charge in [0.05, 0.1) is 5.69 Å². The Balaban J connectivity index is 2.28. The minimum atomic E-state index is -0.295. The molecule has 28 heavy (non-hydrogen) atoms. The number of anilines is 1. The van der Waals surface area contributed by atoms with Crippen molar-refractivity contribution in [3.8, 4) is 0 Å². The largest absolute Gasteiger partial charge is 0.385 e. The molecule has 0 atom stereocenters. The fourth-order valence-corrected chi connectivity index (χ4v) is 2.25. The number of carbonyl (C=O) groups excluding carboxylic acids is 1. The molecule has 156 valence electrons. The highest BCUT2D eigenvalue weighted by Crippen LogP contribution is 2.08. The SMILES string of the molecule is COCCCNC(=S)NNC(=O)c1ccc(NNC(=S)NCCCOC)cc1. The smallest absolute Gasteiger partial charge is 0.269 e. The Morgan fingerprint density at radius 3 is 1.93 bits per heavy atom. The van der Waals surface area contributed by atoms with Crippen LogP contribution in [0.5, 0.6) is 0 Å². The lowest BCUT2D eigenvalue weighted by Gasteiger charge is -2.13. The third-order valence-corrected chi connectivity index (χ3v) is 3.87. The molecule has 1 aromatic rings. The Morgan fingerprint density at radius 1 is 0.857 bits per heavy atom. The minimum Gasteiger partial charge on any atom is -0.385 e. The molecule has 0 spiro atoms. The molecule has 11 heteroatoms. The molecule has 9 nitrogen and oxygen atoms in total. The van der Waals surface area contributed by atoms with Crippen LogP contribution >= 0.6 is 24.4 Å². The first-order valence-electron chi connectivity index (χ1n) is 8.78. The molecule has 0 aliphatic carbocycles. The molecule has 0 saturated carbocycles. The lowest BCUT2D eigenvalue weighted by molar-refractivity contribution is 0.0943. The summed E-state index contributed by atoms with van der Waals surface area (Å²) in [4.78, 5) is 12.1. The number of hydrazine groups is 2. The second-order valence-electron chi connectivity index (χ2n) is 5.61. The number of thiocarbonyl (C=S) groups is 2. The van der Waals surface area contributed by atoms with Crippen LogP contribution in [0.4, 0.5) is 5.69 Å². The Kier molecular flexibility index (Phi) is 12.6. The Hall–Kier alpha value is -2.21. The average molecular weight is 429 g/mol. The monoisotopic (exact) mass is 428 g/mol. The van der Waals surface area contributed by atoms with Crippen molar-refractivity contribution in [3.05, 3.63) is 29.8 Å². The van der Waals surface area contributed by atoms with Gasteiger partial charge in [-0.15, -0.1) is 0 Å². The number of ether oxygens (including phenoxy) is 2. The number of benzene rings is 1. The first-order chi connectivity index (χ1) is 13.6. The number of hydrogen-bond acceptors (Lipinski definition) is 6. The van der Waals surface area contributed by atoms with E-state index < -0.39 is 0 Å². The molecule has 0 aliphatic rings. The van der Waals surface area contributed by atoms with Crippen molar-refractivity contribution in [1.29, 1.82) is 0 Å². The number of amides is 1. The molecule has 0 bridgehead atoms. The lowest BCUT2D eigenvalue weighted by atomic mass is 10.2. The molecule has 0 aromatic heterocycles. The summed E-state index contributed by atoms with van der Waals surface area (Å²) >= 11 is 10.2. The zero-order chi connectivity index (χ0) is 20.6. The summed E-state index contributed by atoms with van der Waals surface area (Å²) in [5.74, 6) is -0.295. The molecule has 1 aromatic carbocycles. The van der Waals surface area contributed by atoms with Gasteiger partial charge in [0.2, 0.25) is 0 Å². The van der Waals surface area contributed by atoms with Gasteiger partial charge in [-0.3, -0.25) is 26.5 Å². The van der Waals surface area contributed by atoms with Crippen molar-refractivity contribution >= 4 is 46.3 Å². The van der Waals surface area contributed by atoms with E-state index in [-0.39, 0.29) is 5.91 Å². The van der Waals surface area contributed by atoms with Gasteiger partial charge < -0.3 is 20.1 Å². The van der Waals surface area contributed by atoms with Crippen LogP contribution in [0.15, 0.2) is 24.3 Å². The number of hydrogen-bond donors (Lipinski definition) is 6. The topological polar surface area (TPSA) is 108 Å². The Morgan fingerprint density at radius 2 is 1.39 bits per heavy atom. The highest BCUT2D eigenvalue weighted by atomic mass is 32.1. The molecule has 0 unspecified atom stereocenters. The predicted octanol–water partition coefficient (Wildman–Crippen LogP) is 0.660. The van der Waals surface area contributed by atoms with Crippen LogP contribution in [0, 0.1) is 0 Å². The zero-order valence-corrected chi connectivity index (χ0v) is 17.7. The van der Waals surface area contributed by atoms with E-state index in [1.165, 1.54) is 0 Å². The van der Waals surface area contributed by atoms with Crippen molar-refractivity contribution in [3.63, 3.8) is 0 Å². The van der Waals surface area contributed by atoms with E-state index in [1.807, 2.05) is 0 Å². The van der Waals surface area contributed by atoms with E-state index in [2.05, 4.69) is 32.3 Å². The van der Waals surface area contributed by atoms with Gasteiger partial charge in [0.1, 0.15) is 0 Å². The summed E-state index contributed by atoms with van der Waals surface area (Å²) < 4.78 is 9.92. The van der Waals surface area contributed by atoms with Crippen LogP contribution in [0.25, 0.3) is 0 Å². The molecule has 0 saturated heterocycles. The second kappa shape index (κ2) is 14.8. The van der Waals surface area contributed by atoms with E-state index in [0.717, 1.165) is 25.1 Å². The van der Waals surface area contributed by atoms with Crippen molar-refractivity contribution in [2.24, 2.45) is 0 Å². The van der Waals surface area contributed by atoms with Gasteiger partial charge >= 0.3 is 0 Å². The fourth-order valence-electron chi connectivity index (χ4n) is 1.94. The first-order valence-corrected chi connectivity index (χ1v) is 9.60. The molecule has 0 fully saturated rings. The van der Waals surface area contributed by atoms with Crippen molar-refractivity contribution < 1.29 is 14.3 Å². The van der Waals surface area contributed by atoms with E-state index >= 15 is 0 Å². The van der Waals surface area contributed by atoms with Gasteiger partial charge in [0.25, 0.3) is 5.91 Å². The maximum absolute atomic E-state index is 12.1. The van der Waals surface area contributed by atoms with Crippen molar-refractivity contribution in [1.82, 2.24) is 26.9 Å².